The lowest BCUT2D eigenvalue weighted by molar-refractivity contribution is 0.0771. The first-order valence-corrected chi connectivity index (χ1v) is 10.7. The van der Waals surface area contributed by atoms with E-state index in [2.05, 4.69) is 6.92 Å². The summed E-state index contributed by atoms with van der Waals surface area (Å²) in [6.07, 6.45) is 4.49. The molecule has 0 saturated heterocycles. The molecule has 1 aliphatic heterocycles. The Kier molecular flexibility index (Phi) is 5.98. The Bertz CT molecular complexity index is 1170. The van der Waals surface area contributed by atoms with E-state index in [9.17, 15) is 9.59 Å². The number of hydrogen-bond donors (Lipinski definition) is 0. The van der Waals surface area contributed by atoms with Gasteiger partial charge in [-0.25, -0.2) is 0 Å². The zero-order chi connectivity index (χ0) is 22.0. The summed E-state index contributed by atoms with van der Waals surface area (Å²) in [5.41, 5.74) is 1.36. The van der Waals surface area contributed by atoms with Crippen LogP contribution in [-0.2, 0) is 0 Å². The molecule has 1 amide bonds. The van der Waals surface area contributed by atoms with Gasteiger partial charge in [-0.15, -0.1) is 0 Å². The van der Waals surface area contributed by atoms with E-state index in [-0.39, 0.29) is 17.1 Å². The Labute approximate surface area is 181 Å². The van der Waals surface area contributed by atoms with Crippen molar-refractivity contribution in [2.75, 3.05) is 20.8 Å². The van der Waals surface area contributed by atoms with Crippen LogP contribution < -0.4 is 14.9 Å². The van der Waals surface area contributed by atoms with Gasteiger partial charge in [0, 0.05) is 7.05 Å². The number of carbonyl (C=O) groups is 1. The summed E-state index contributed by atoms with van der Waals surface area (Å²) in [5.74, 6) is 1.03. The molecule has 6 nitrogen and oxygen atoms in total. The normalized spacial score (nSPS) is 15.4. The predicted molar refractivity (Wildman–Crippen MR) is 119 cm³/mol. The molecule has 162 valence electrons. The van der Waals surface area contributed by atoms with Crippen LogP contribution in [0.15, 0.2) is 51.7 Å². The number of hydrogen-bond acceptors (Lipinski definition) is 5. The zero-order valence-electron chi connectivity index (χ0n) is 18.1. The Balaban J connectivity index is 1.70. The fourth-order valence-electron chi connectivity index (χ4n) is 4.11. The summed E-state index contributed by atoms with van der Waals surface area (Å²) in [6.45, 7) is 2.80. The molecular weight excluding hydrogens is 394 g/mol. The van der Waals surface area contributed by atoms with Crippen molar-refractivity contribution in [1.82, 2.24) is 4.90 Å². The first-order chi connectivity index (χ1) is 15.1. The van der Waals surface area contributed by atoms with Crippen LogP contribution in [0.5, 0.6) is 11.5 Å². The highest BCUT2D eigenvalue weighted by molar-refractivity contribution is 5.98. The van der Waals surface area contributed by atoms with Gasteiger partial charge in [-0.3, -0.25) is 9.59 Å². The van der Waals surface area contributed by atoms with Gasteiger partial charge in [0.1, 0.15) is 5.58 Å². The monoisotopic (exact) mass is 421 g/mol. The quantitative estimate of drug-likeness (QED) is 0.482. The lowest BCUT2D eigenvalue weighted by Gasteiger charge is -2.21. The number of benzene rings is 2. The van der Waals surface area contributed by atoms with Crippen molar-refractivity contribution >= 4 is 16.9 Å². The standard InChI is InChI=1S/C25H27NO5/c1-4-5-6-9-14-30-19-13-12-16(15-20(19)29-3)22-21-23(27)17-10-7-8-11-18(17)31-24(21)25(28)26(22)2/h7-8,10-13,15,22H,4-6,9,14H2,1-3H3. The third kappa shape index (κ3) is 3.78. The van der Waals surface area contributed by atoms with E-state index in [1.165, 1.54) is 17.7 Å². The Hall–Kier alpha value is -3.28. The number of rotatable bonds is 8. The van der Waals surface area contributed by atoms with E-state index < -0.39 is 6.04 Å². The molecular formula is C25H27NO5. The molecule has 4 rings (SSSR count). The topological polar surface area (TPSA) is 69.0 Å². The van der Waals surface area contributed by atoms with Gasteiger partial charge in [-0.05, 0) is 36.2 Å². The number of amides is 1. The van der Waals surface area contributed by atoms with Crippen molar-refractivity contribution < 1.29 is 18.7 Å². The molecule has 6 heteroatoms. The lowest BCUT2D eigenvalue weighted by Crippen LogP contribution is -2.25. The molecule has 0 bridgehead atoms. The molecule has 3 aromatic rings. The zero-order valence-corrected chi connectivity index (χ0v) is 18.1. The fraction of sp³-hybridized carbons (Fsp3) is 0.360. The summed E-state index contributed by atoms with van der Waals surface area (Å²) >= 11 is 0. The third-order valence-electron chi connectivity index (χ3n) is 5.77. The van der Waals surface area contributed by atoms with E-state index in [0.717, 1.165) is 18.4 Å². The fourth-order valence-corrected chi connectivity index (χ4v) is 4.11. The summed E-state index contributed by atoms with van der Waals surface area (Å²) in [6, 6.07) is 12.0. The van der Waals surface area contributed by atoms with E-state index in [1.54, 1.807) is 38.4 Å². The molecule has 1 aromatic heterocycles. The highest BCUT2D eigenvalue weighted by Crippen LogP contribution is 2.40. The highest BCUT2D eigenvalue weighted by atomic mass is 16.5. The first-order valence-electron chi connectivity index (χ1n) is 10.7. The molecule has 1 aliphatic rings. The number of fused-ring (bicyclic) bond motifs is 2. The van der Waals surface area contributed by atoms with Crippen molar-refractivity contribution in [3.05, 3.63) is 69.6 Å². The number of unbranched alkanes of at least 4 members (excludes halogenated alkanes) is 3. The highest BCUT2D eigenvalue weighted by Gasteiger charge is 2.40. The minimum Gasteiger partial charge on any atom is -0.493 e. The minimum absolute atomic E-state index is 0.103. The van der Waals surface area contributed by atoms with Crippen molar-refractivity contribution in [1.29, 1.82) is 0 Å². The number of ether oxygens (including phenoxy) is 2. The van der Waals surface area contributed by atoms with Crippen LogP contribution in [0, 0.1) is 0 Å². The molecule has 1 unspecified atom stereocenters. The second kappa shape index (κ2) is 8.84. The van der Waals surface area contributed by atoms with Gasteiger partial charge in [-0.2, -0.15) is 0 Å². The molecule has 0 aliphatic carbocycles. The van der Waals surface area contributed by atoms with E-state index in [1.807, 2.05) is 18.2 Å². The molecule has 0 fully saturated rings. The SMILES string of the molecule is CCCCCCOc1ccc(C2c3c(oc4ccccc4c3=O)C(=O)N2C)cc1OC. The van der Waals surface area contributed by atoms with Gasteiger partial charge in [-0.1, -0.05) is 44.4 Å². The average Bonchev–Trinajstić information content (AvgIpc) is 3.04. The summed E-state index contributed by atoms with van der Waals surface area (Å²) in [4.78, 5) is 27.6. The average molecular weight is 421 g/mol. The Morgan fingerprint density at radius 2 is 1.84 bits per heavy atom. The van der Waals surface area contributed by atoms with Crippen LogP contribution in [0.4, 0.5) is 0 Å². The largest absolute Gasteiger partial charge is 0.493 e. The molecule has 0 saturated carbocycles. The number of carbonyl (C=O) groups excluding carboxylic acids is 1. The third-order valence-corrected chi connectivity index (χ3v) is 5.77. The van der Waals surface area contributed by atoms with Gasteiger partial charge in [0.15, 0.2) is 16.9 Å². The second-order valence-corrected chi connectivity index (χ2v) is 7.81. The summed E-state index contributed by atoms with van der Waals surface area (Å²) in [5, 5.41) is 0.466. The molecule has 2 aromatic carbocycles. The molecule has 31 heavy (non-hydrogen) atoms. The summed E-state index contributed by atoms with van der Waals surface area (Å²) in [7, 11) is 3.26. The number of para-hydroxylation sites is 1. The van der Waals surface area contributed by atoms with Gasteiger partial charge in [0.05, 0.1) is 30.7 Å². The van der Waals surface area contributed by atoms with Crippen LogP contribution >= 0.6 is 0 Å². The van der Waals surface area contributed by atoms with Crippen LogP contribution in [0.3, 0.4) is 0 Å². The van der Waals surface area contributed by atoms with Crippen LogP contribution in [0.25, 0.3) is 11.0 Å². The van der Waals surface area contributed by atoms with E-state index in [0.29, 0.717) is 34.6 Å². The molecule has 0 radical (unpaired) electrons. The molecule has 0 N–H and O–H groups in total. The second-order valence-electron chi connectivity index (χ2n) is 7.81. The van der Waals surface area contributed by atoms with Gasteiger partial charge in [0.25, 0.3) is 5.91 Å². The first kappa shape index (κ1) is 21.0. The van der Waals surface area contributed by atoms with Crippen LogP contribution in [-0.4, -0.2) is 31.6 Å². The summed E-state index contributed by atoms with van der Waals surface area (Å²) < 4.78 is 17.3. The van der Waals surface area contributed by atoms with Gasteiger partial charge >= 0.3 is 0 Å². The van der Waals surface area contributed by atoms with E-state index in [4.69, 9.17) is 13.9 Å². The van der Waals surface area contributed by atoms with Crippen molar-refractivity contribution in [3.63, 3.8) is 0 Å². The lowest BCUT2D eigenvalue weighted by atomic mass is 9.98. The minimum atomic E-state index is -0.545. The number of nitrogens with zero attached hydrogens (tertiary/aromatic N) is 1. The van der Waals surface area contributed by atoms with Crippen LogP contribution in [0.1, 0.15) is 60.3 Å². The number of methoxy groups -OCH3 is 1. The Morgan fingerprint density at radius 1 is 1.03 bits per heavy atom. The predicted octanol–water partition coefficient (Wildman–Crippen LogP) is 4.94. The maximum absolute atomic E-state index is 13.2. The van der Waals surface area contributed by atoms with Crippen molar-refractivity contribution in [3.8, 4) is 11.5 Å². The van der Waals surface area contributed by atoms with Crippen molar-refractivity contribution in [2.45, 2.75) is 38.6 Å². The van der Waals surface area contributed by atoms with Gasteiger partial charge < -0.3 is 18.8 Å². The molecule has 0 spiro atoms. The molecule has 2 heterocycles. The molecule has 1 atom stereocenters. The van der Waals surface area contributed by atoms with Gasteiger partial charge in [0.2, 0.25) is 5.76 Å². The van der Waals surface area contributed by atoms with Crippen molar-refractivity contribution in [2.24, 2.45) is 0 Å². The van der Waals surface area contributed by atoms with Crippen LogP contribution in [0.2, 0.25) is 0 Å². The maximum Gasteiger partial charge on any atom is 0.290 e. The Morgan fingerprint density at radius 3 is 2.61 bits per heavy atom. The van der Waals surface area contributed by atoms with E-state index >= 15 is 0 Å². The maximum atomic E-state index is 13.2. The smallest absolute Gasteiger partial charge is 0.290 e.